The smallest absolute Gasteiger partial charge is 0.133 e. The highest BCUT2D eigenvalue weighted by atomic mass is 32.1. The molecule has 0 heterocycles. The van der Waals surface area contributed by atoms with Gasteiger partial charge in [0.15, 0.2) is 0 Å². The maximum absolute atomic E-state index is 8.55. The molecule has 0 amide bonds. The number of rotatable bonds is 3. The number of nitrogens with zero attached hydrogens (tertiary/aromatic N) is 2. The molecule has 0 aromatic carbocycles. The largest absolute Gasteiger partial charge is 0.354 e. The van der Waals surface area contributed by atoms with Crippen LogP contribution in [0.5, 0.6) is 0 Å². The SMILES string of the molecule is N#CCCN(C(=S)S)C1CCCCC1. The number of hydrogen-bond acceptors (Lipinski definition) is 2. The summed E-state index contributed by atoms with van der Waals surface area (Å²) in [6.45, 7) is 0.740. The number of thiol groups is 1. The summed E-state index contributed by atoms with van der Waals surface area (Å²) < 4.78 is 0.646. The fraction of sp³-hybridized carbons (Fsp3) is 0.800. The Kier molecular flexibility index (Phi) is 5.28. The normalized spacial score (nSPS) is 17.4. The summed E-state index contributed by atoms with van der Waals surface area (Å²) in [7, 11) is 0. The van der Waals surface area contributed by atoms with Gasteiger partial charge in [0, 0.05) is 12.6 Å². The van der Waals surface area contributed by atoms with Crippen molar-refractivity contribution in [3.63, 3.8) is 0 Å². The minimum atomic E-state index is 0.530. The predicted molar refractivity (Wildman–Crippen MR) is 65.4 cm³/mol. The van der Waals surface area contributed by atoms with Crippen LogP contribution in [0.15, 0.2) is 0 Å². The molecule has 0 aromatic heterocycles. The van der Waals surface area contributed by atoms with Crippen LogP contribution in [0.2, 0.25) is 0 Å². The summed E-state index contributed by atoms with van der Waals surface area (Å²) in [5.74, 6) is 0. The first-order chi connectivity index (χ1) is 6.75. The molecule has 4 heteroatoms. The fourth-order valence-electron chi connectivity index (χ4n) is 2.00. The van der Waals surface area contributed by atoms with Crippen LogP contribution in [-0.4, -0.2) is 21.8 Å². The molecule has 1 fully saturated rings. The predicted octanol–water partition coefficient (Wildman–Crippen LogP) is 2.75. The molecular formula is C10H16N2S2. The molecule has 0 atom stereocenters. The van der Waals surface area contributed by atoms with Gasteiger partial charge in [0.05, 0.1) is 12.5 Å². The molecule has 0 saturated heterocycles. The molecule has 2 nitrogen and oxygen atoms in total. The van der Waals surface area contributed by atoms with Crippen molar-refractivity contribution in [3.05, 3.63) is 0 Å². The Labute approximate surface area is 96.7 Å². The van der Waals surface area contributed by atoms with E-state index < -0.39 is 0 Å². The Hall–Kier alpha value is -0.270. The first-order valence-corrected chi connectivity index (χ1v) is 5.97. The highest BCUT2D eigenvalue weighted by molar-refractivity contribution is 8.10. The third-order valence-corrected chi connectivity index (χ3v) is 3.22. The minimum Gasteiger partial charge on any atom is -0.354 e. The Bertz CT molecular complexity index is 229. The molecule has 0 radical (unpaired) electrons. The lowest BCUT2D eigenvalue weighted by Gasteiger charge is -2.34. The molecule has 0 unspecified atom stereocenters. The molecular weight excluding hydrogens is 212 g/mol. The Morgan fingerprint density at radius 1 is 1.43 bits per heavy atom. The Morgan fingerprint density at radius 2 is 2.07 bits per heavy atom. The van der Waals surface area contributed by atoms with Gasteiger partial charge in [-0.2, -0.15) is 5.26 Å². The highest BCUT2D eigenvalue weighted by Crippen LogP contribution is 2.23. The van der Waals surface area contributed by atoms with Gasteiger partial charge in [0.25, 0.3) is 0 Å². The highest BCUT2D eigenvalue weighted by Gasteiger charge is 2.21. The molecule has 1 aliphatic carbocycles. The summed E-state index contributed by atoms with van der Waals surface area (Å²) in [6.07, 6.45) is 6.84. The second-order valence-corrected chi connectivity index (χ2v) is 4.79. The van der Waals surface area contributed by atoms with Crippen LogP contribution >= 0.6 is 24.8 Å². The minimum absolute atomic E-state index is 0.530. The van der Waals surface area contributed by atoms with Gasteiger partial charge in [-0.15, -0.1) is 12.6 Å². The average Bonchev–Trinajstić information content (AvgIpc) is 2.19. The maximum atomic E-state index is 8.55. The van der Waals surface area contributed by atoms with Crippen LogP contribution in [0.4, 0.5) is 0 Å². The Balaban J connectivity index is 2.48. The van der Waals surface area contributed by atoms with Gasteiger partial charge in [-0.25, -0.2) is 0 Å². The van der Waals surface area contributed by atoms with Crippen molar-refractivity contribution >= 4 is 29.2 Å². The zero-order valence-corrected chi connectivity index (χ0v) is 9.99. The van der Waals surface area contributed by atoms with Crippen molar-refractivity contribution in [1.82, 2.24) is 4.90 Å². The second kappa shape index (κ2) is 6.26. The van der Waals surface area contributed by atoms with Crippen LogP contribution in [0, 0.1) is 11.3 Å². The molecule has 0 aliphatic heterocycles. The molecule has 0 spiro atoms. The molecule has 0 N–H and O–H groups in total. The van der Waals surface area contributed by atoms with Crippen molar-refractivity contribution in [1.29, 1.82) is 5.26 Å². The van der Waals surface area contributed by atoms with Crippen molar-refractivity contribution in [2.45, 2.75) is 44.6 Å². The third kappa shape index (κ3) is 3.47. The maximum Gasteiger partial charge on any atom is 0.133 e. The summed E-state index contributed by atoms with van der Waals surface area (Å²) in [5, 5.41) is 8.55. The van der Waals surface area contributed by atoms with E-state index in [-0.39, 0.29) is 0 Å². The summed E-state index contributed by atoms with van der Waals surface area (Å²) in [6, 6.07) is 2.69. The van der Waals surface area contributed by atoms with Crippen LogP contribution < -0.4 is 0 Å². The van der Waals surface area contributed by atoms with E-state index in [2.05, 4.69) is 23.6 Å². The average molecular weight is 228 g/mol. The van der Waals surface area contributed by atoms with E-state index in [1.165, 1.54) is 32.1 Å². The van der Waals surface area contributed by atoms with Crippen molar-refractivity contribution in [3.8, 4) is 6.07 Å². The molecule has 1 rings (SSSR count). The van der Waals surface area contributed by atoms with Crippen molar-refractivity contribution in [2.24, 2.45) is 0 Å². The molecule has 78 valence electrons. The van der Waals surface area contributed by atoms with E-state index in [9.17, 15) is 0 Å². The monoisotopic (exact) mass is 228 g/mol. The Morgan fingerprint density at radius 3 is 2.57 bits per heavy atom. The van der Waals surface area contributed by atoms with E-state index in [0.29, 0.717) is 16.8 Å². The van der Waals surface area contributed by atoms with Crippen LogP contribution in [0.1, 0.15) is 38.5 Å². The van der Waals surface area contributed by atoms with Crippen molar-refractivity contribution in [2.75, 3.05) is 6.54 Å². The molecule has 0 aromatic rings. The standard InChI is InChI=1S/C10H16N2S2/c11-7-4-8-12(10(13)14)9-5-2-1-3-6-9/h9H,1-6,8H2,(H,13,14). The molecule has 1 aliphatic rings. The third-order valence-electron chi connectivity index (χ3n) is 2.73. The zero-order chi connectivity index (χ0) is 10.4. The zero-order valence-electron chi connectivity index (χ0n) is 8.28. The quantitative estimate of drug-likeness (QED) is 0.594. The van der Waals surface area contributed by atoms with Crippen molar-refractivity contribution < 1.29 is 0 Å². The van der Waals surface area contributed by atoms with Gasteiger partial charge in [-0.05, 0) is 12.8 Å². The number of nitriles is 1. The first-order valence-electron chi connectivity index (χ1n) is 5.12. The topological polar surface area (TPSA) is 27.0 Å². The van der Waals surface area contributed by atoms with Crippen LogP contribution in [0.3, 0.4) is 0 Å². The van der Waals surface area contributed by atoms with Gasteiger partial charge in [-0.1, -0.05) is 31.5 Å². The molecule has 1 saturated carbocycles. The lowest BCUT2D eigenvalue weighted by molar-refractivity contribution is 0.254. The van der Waals surface area contributed by atoms with E-state index in [1.54, 1.807) is 0 Å². The second-order valence-electron chi connectivity index (χ2n) is 3.68. The first kappa shape index (κ1) is 11.8. The fourth-order valence-corrected chi connectivity index (χ4v) is 2.50. The van der Waals surface area contributed by atoms with E-state index in [1.807, 2.05) is 0 Å². The lowest BCUT2D eigenvalue weighted by Crippen LogP contribution is -2.39. The molecule has 0 bridgehead atoms. The van der Waals surface area contributed by atoms with Crippen LogP contribution in [0.25, 0.3) is 0 Å². The van der Waals surface area contributed by atoms with Gasteiger partial charge >= 0.3 is 0 Å². The summed E-state index contributed by atoms with van der Waals surface area (Å²) >= 11 is 9.32. The molecule has 14 heavy (non-hydrogen) atoms. The van der Waals surface area contributed by atoms with Gasteiger partial charge in [0.1, 0.15) is 4.32 Å². The number of thiocarbonyl (C=S) groups is 1. The van der Waals surface area contributed by atoms with Gasteiger partial charge in [0.2, 0.25) is 0 Å². The van der Waals surface area contributed by atoms with E-state index >= 15 is 0 Å². The van der Waals surface area contributed by atoms with Gasteiger partial charge in [-0.3, -0.25) is 0 Å². The summed E-state index contributed by atoms with van der Waals surface area (Å²) in [4.78, 5) is 2.11. The van der Waals surface area contributed by atoms with Crippen LogP contribution in [-0.2, 0) is 0 Å². The lowest BCUT2D eigenvalue weighted by atomic mass is 9.94. The summed E-state index contributed by atoms with van der Waals surface area (Å²) in [5.41, 5.74) is 0. The van der Waals surface area contributed by atoms with E-state index in [0.717, 1.165) is 6.54 Å². The number of hydrogen-bond donors (Lipinski definition) is 1. The van der Waals surface area contributed by atoms with E-state index in [4.69, 9.17) is 17.5 Å². The van der Waals surface area contributed by atoms with Gasteiger partial charge < -0.3 is 4.90 Å².